The lowest BCUT2D eigenvalue weighted by atomic mass is 10.0. The van der Waals surface area contributed by atoms with E-state index in [1.807, 2.05) is 18.3 Å². The first-order valence-electron chi connectivity index (χ1n) is 8.67. The molecule has 2 aliphatic rings. The Morgan fingerprint density at radius 3 is 2.60 bits per heavy atom. The number of hydrogen-bond donors (Lipinski definition) is 1. The lowest BCUT2D eigenvalue weighted by Gasteiger charge is -2.18. The van der Waals surface area contributed by atoms with Crippen LogP contribution in [0.2, 0.25) is 0 Å². The van der Waals surface area contributed by atoms with E-state index in [-0.39, 0.29) is 5.75 Å². The van der Waals surface area contributed by atoms with Gasteiger partial charge in [0.05, 0.1) is 0 Å². The minimum atomic E-state index is -4.63. The van der Waals surface area contributed by atoms with Crippen molar-refractivity contribution in [3.8, 4) is 5.75 Å². The van der Waals surface area contributed by atoms with Gasteiger partial charge in [-0.1, -0.05) is 12.1 Å². The van der Waals surface area contributed by atoms with Crippen LogP contribution in [0.1, 0.15) is 17.7 Å². The number of hydrogen-bond acceptors (Lipinski definition) is 2. The quantitative estimate of drug-likeness (QED) is 0.845. The third-order valence-corrected chi connectivity index (χ3v) is 5.40. The van der Waals surface area contributed by atoms with E-state index in [1.165, 1.54) is 17.8 Å². The Labute approximate surface area is 144 Å². The lowest BCUT2D eigenvalue weighted by Crippen LogP contribution is -2.24. The number of ether oxygens (including phenoxy) is 1. The number of fused-ring (bicyclic) bond motifs is 1. The number of rotatable bonds is 6. The molecule has 2 heterocycles. The number of aromatic amines is 1. The summed E-state index contributed by atoms with van der Waals surface area (Å²) in [5, 5.41) is 0. The molecule has 1 saturated heterocycles. The Bertz CT molecular complexity index is 702. The fourth-order valence-corrected chi connectivity index (χ4v) is 4.23. The maximum absolute atomic E-state index is 12.3. The van der Waals surface area contributed by atoms with Crippen LogP contribution >= 0.6 is 0 Å². The van der Waals surface area contributed by atoms with Gasteiger partial charge >= 0.3 is 6.36 Å². The van der Waals surface area contributed by atoms with Crippen LogP contribution in [0.15, 0.2) is 42.6 Å². The number of piperidine rings is 1. The molecular weight excluding hydrogens is 329 g/mol. The van der Waals surface area contributed by atoms with Crippen molar-refractivity contribution in [3.63, 3.8) is 0 Å². The molecule has 1 aromatic heterocycles. The third-order valence-electron chi connectivity index (χ3n) is 5.40. The summed E-state index contributed by atoms with van der Waals surface area (Å²) in [6.07, 6.45) is -0.829. The fourth-order valence-electron chi connectivity index (χ4n) is 4.23. The third kappa shape index (κ3) is 4.00. The summed E-state index contributed by atoms with van der Waals surface area (Å²) in [5.74, 6) is 2.10. The second kappa shape index (κ2) is 6.41. The molecule has 1 N–H and O–H groups in total. The van der Waals surface area contributed by atoms with Crippen molar-refractivity contribution in [1.29, 1.82) is 0 Å². The van der Waals surface area contributed by atoms with Crippen LogP contribution in [0.25, 0.3) is 0 Å². The van der Waals surface area contributed by atoms with Gasteiger partial charge in [0.15, 0.2) is 0 Å². The summed E-state index contributed by atoms with van der Waals surface area (Å²) in [6.45, 7) is 3.24. The maximum Gasteiger partial charge on any atom is 0.573 e. The molecule has 0 bridgehead atoms. The van der Waals surface area contributed by atoms with Crippen molar-refractivity contribution in [2.75, 3.05) is 13.1 Å². The van der Waals surface area contributed by atoms with Gasteiger partial charge in [-0.25, -0.2) is 0 Å². The van der Waals surface area contributed by atoms with E-state index in [1.54, 1.807) is 6.07 Å². The highest BCUT2D eigenvalue weighted by Gasteiger charge is 2.54. The molecule has 0 radical (unpaired) electrons. The highest BCUT2D eigenvalue weighted by Crippen LogP contribution is 2.54. The standard InChI is InChI=1S/C19H21F3N2O/c20-19(21,22)25-15-5-1-3-13(9-15)6-7-16-17-11-24(12-18(16)17)10-14-4-2-8-23-14/h1-5,8-9,16-18,23H,6-7,10-12H2. The lowest BCUT2D eigenvalue weighted by molar-refractivity contribution is -0.274. The van der Waals surface area contributed by atoms with Crippen molar-refractivity contribution in [2.24, 2.45) is 17.8 Å². The molecule has 2 aromatic rings. The monoisotopic (exact) mass is 350 g/mol. The first-order chi connectivity index (χ1) is 12.0. The molecule has 1 aliphatic carbocycles. The van der Waals surface area contributed by atoms with Gasteiger partial charge in [0.1, 0.15) is 5.75 Å². The van der Waals surface area contributed by atoms with Gasteiger partial charge in [0, 0.05) is 31.5 Å². The Balaban J connectivity index is 1.24. The Morgan fingerprint density at radius 1 is 1.12 bits per heavy atom. The van der Waals surface area contributed by atoms with Crippen LogP contribution in [-0.2, 0) is 13.0 Å². The van der Waals surface area contributed by atoms with Crippen molar-refractivity contribution in [2.45, 2.75) is 25.7 Å². The second-order valence-corrected chi connectivity index (χ2v) is 7.11. The minimum absolute atomic E-state index is 0.127. The van der Waals surface area contributed by atoms with E-state index in [9.17, 15) is 13.2 Å². The number of halogens is 3. The van der Waals surface area contributed by atoms with Gasteiger partial charge < -0.3 is 9.72 Å². The zero-order valence-corrected chi connectivity index (χ0v) is 13.8. The minimum Gasteiger partial charge on any atom is -0.406 e. The summed E-state index contributed by atoms with van der Waals surface area (Å²) in [5.41, 5.74) is 2.16. The van der Waals surface area contributed by atoms with Crippen LogP contribution in [-0.4, -0.2) is 29.3 Å². The summed E-state index contributed by atoms with van der Waals surface area (Å²) in [7, 11) is 0. The molecule has 6 heteroatoms. The van der Waals surface area contributed by atoms with Crippen LogP contribution in [0.4, 0.5) is 13.2 Å². The molecule has 1 saturated carbocycles. The molecular formula is C19H21F3N2O. The average Bonchev–Trinajstić information content (AvgIpc) is 2.94. The van der Waals surface area contributed by atoms with Gasteiger partial charge in [0.2, 0.25) is 0 Å². The van der Waals surface area contributed by atoms with Crippen molar-refractivity contribution >= 4 is 0 Å². The predicted octanol–water partition coefficient (Wildman–Crippen LogP) is 4.22. The topological polar surface area (TPSA) is 28.3 Å². The van der Waals surface area contributed by atoms with E-state index in [0.29, 0.717) is 5.92 Å². The molecule has 3 nitrogen and oxygen atoms in total. The fraction of sp³-hybridized carbons (Fsp3) is 0.474. The zero-order valence-electron chi connectivity index (χ0n) is 13.8. The van der Waals surface area contributed by atoms with E-state index in [4.69, 9.17) is 0 Å². The molecule has 0 amide bonds. The number of aromatic nitrogens is 1. The van der Waals surface area contributed by atoms with Gasteiger partial charge in [-0.3, -0.25) is 4.90 Å². The normalized spacial score (nSPS) is 25.8. The molecule has 1 aromatic carbocycles. The summed E-state index contributed by atoms with van der Waals surface area (Å²) in [4.78, 5) is 5.72. The smallest absolute Gasteiger partial charge is 0.406 e. The van der Waals surface area contributed by atoms with E-state index < -0.39 is 6.36 Å². The van der Waals surface area contributed by atoms with Crippen LogP contribution < -0.4 is 4.74 Å². The second-order valence-electron chi connectivity index (χ2n) is 7.11. The first kappa shape index (κ1) is 16.5. The molecule has 4 rings (SSSR count). The van der Waals surface area contributed by atoms with Crippen LogP contribution in [0.5, 0.6) is 5.75 Å². The van der Waals surface area contributed by atoms with Gasteiger partial charge in [0.25, 0.3) is 0 Å². The molecule has 2 unspecified atom stereocenters. The largest absolute Gasteiger partial charge is 0.573 e. The Kier molecular flexibility index (Phi) is 4.23. The zero-order chi connectivity index (χ0) is 17.4. The van der Waals surface area contributed by atoms with E-state index in [2.05, 4.69) is 20.7 Å². The Morgan fingerprint density at radius 2 is 1.92 bits per heavy atom. The molecule has 0 spiro atoms. The number of likely N-dealkylation sites (tertiary alicyclic amines) is 1. The highest BCUT2D eigenvalue weighted by molar-refractivity contribution is 5.29. The number of alkyl halides is 3. The van der Waals surface area contributed by atoms with Crippen LogP contribution in [0, 0.1) is 17.8 Å². The molecule has 2 fully saturated rings. The van der Waals surface area contributed by atoms with Gasteiger partial charge in [-0.15, -0.1) is 13.2 Å². The number of nitrogens with one attached hydrogen (secondary N) is 1. The number of H-pyrrole nitrogens is 1. The Hall–Kier alpha value is -1.95. The van der Waals surface area contributed by atoms with Crippen molar-refractivity contribution < 1.29 is 17.9 Å². The van der Waals surface area contributed by atoms with Gasteiger partial charge in [-0.05, 0) is 60.4 Å². The van der Waals surface area contributed by atoms with E-state index >= 15 is 0 Å². The average molecular weight is 350 g/mol. The number of nitrogens with zero attached hydrogens (tertiary/aromatic N) is 1. The summed E-state index contributed by atoms with van der Waals surface area (Å²) < 4.78 is 40.9. The van der Waals surface area contributed by atoms with Crippen molar-refractivity contribution in [1.82, 2.24) is 9.88 Å². The van der Waals surface area contributed by atoms with Gasteiger partial charge in [-0.2, -0.15) is 0 Å². The first-order valence-corrected chi connectivity index (χ1v) is 8.67. The SMILES string of the molecule is FC(F)(F)Oc1cccc(CCC2C3CN(Cc4ccc[nH]4)CC23)c1. The molecule has 1 aliphatic heterocycles. The maximum atomic E-state index is 12.3. The molecule has 2 atom stereocenters. The summed E-state index contributed by atoms with van der Waals surface area (Å²) >= 11 is 0. The van der Waals surface area contributed by atoms with E-state index in [0.717, 1.165) is 49.9 Å². The molecule has 25 heavy (non-hydrogen) atoms. The van der Waals surface area contributed by atoms with Crippen LogP contribution in [0.3, 0.4) is 0 Å². The number of aryl methyl sites for hydroxylation is 1. The summed E-state index contributed by atoms with van der Waals surface area (Å²) in [6, 6.07) is 10.5. The highest BCUT2D eigenvalue weighted by atomic mass is 19.4. The molecule has 134 valence electrons. The van der Waals surface area contributed by atoms with Crippen molar-refractivity contribution in [3.05, 3.63) is 53.9 Å². The number of benzene rings is 1. The predicted molar refractivity (Wildman–Crippen MR) is 88.0 cm³/mol.